The Labute approximate surface area is 114 Å². The molecule has 0 spiro atoms. The third kappa shape index (κ3) is 3.81. The van der Waals surface area contributed by atoms with Gasteiger partial charge in [0.1, 0.15) is 0 Å². The van der Waals surface area contributed by atoms with Crippen LogP contribution in [0.3, 0.4) is 0 Å². The average Bonchev–Trinajstić information content (AvgIpc) is 2.31. The normalized spacial score (nSPS) is 11.9. The molecule has 1 unspecified atom stereocenters. The summed E-state index contributed by atoms with van der Waals surface area (Å²) in [7, 11) is 0. The number of aryl methyl sites for hydroxylation is 2. The number of hydrogen-bond acceptors (Lipinski definition) is 2. The second kappa shape index (κ2) is 6.50. The number of nitrogens with two attached hydrogens (primary N) is 1. The first-order chi connectivity index (χ1) is 8.45. The van der Waals surface area contributed by atoms with Crippen molar-refractivity contribution in [3.8, 4) is 0 Å². The van der Waals surface area contributed by atoms with Crippen LogP contribution in [-0.4, -0.2) is 16.9 Å². The van der Waals surface area contributed by atoms with Crippen molar-refractivity contribution >= 4 is 23.1 Å². The molecule has 3 N–H and O–H groups in total. The first-order valence-electron chi connectivity index (χ1n) is 6.13. The monoisotopic (exact) mass is 264 g/mol. The quantitative estimate of drug-likeness (QED) is 0.803. The molecule has 0 radical (unpaired) electrons. The summed E-state index contributed by atoms with van der Waals surface area (Å²) in [5.41, 5.74) is 8.54. The van der Waals surface area contributed by atoms with Gasteiger partial charge in [0.05, 0.1) is 11.0 Å². The summed E-state index contributed by atoms with van der Waals surface area (Å²) >= 11 is 4.96. The molecule has 0 aliphatic carbocycles. The molecule has 0 aliphatic rings. The minimum absolute atomic E-state index is 0.121. The van der Waals surface area contributed by atoms with Crippen LogP contribution < -0.4 is 11.1 Å². The van der Waals surface area contributed by atoms with Crippen molar-refractivity contribution < 1.29 is 4.79 Å². The third-order valence-corrected chi connectivity index (χ3v) is 3.28. The lowest BCUT2D eigenvalue weighted by Gasteiger charge is -2.17. The smallest absolute Gasteiger partial charge is 0.251 e. The summed E-state index contributed by atoms with van der Waals surface area (Å²) < 4.78 is 0. The Morgan fingerprint density at radius 2 is 2.06 bits per heavy atom. The zero-order valence-corrected chi connectivity index (χ0v) is 11.9. The first-order valence-corrected chi connectivity index (χ1v) is 6.54. The van der Waals surface area contributed by atoms with Crippen LogP contribution in [0.15, 0.2) is 18.2 Å². The van der Waals surface area contributed by atoms with Crippen LogP contribution in [0, 0.1) is 13.8 Å². The van der Waals surface area contributed by atoms with Crippen LogP contribution in [0.1, 0.15) is 41.3 Å². The Kier molecular flexibility index (Phi) is 5.28. The zero-order valence-electron chi connectivity index (χ0n) is 11.1. The molecule has 3 nitrogen and oxygen atoms in total. The molecule has 98 valence electrons. The van der Waals surface area contributed by atoms with Gasteiger partial charge < -0.3 is 11.1 Å². The van der Waals surface area contributed by atoms with Gasteiger partial charge in [-0.15, -0.1) is 0 Å². The Bertz CT molecular complexity index is 457. The predicted octanol–water partition coefficient (Wildman–Crippen LogP) is 2.49. The molecule has 0 saturated heterocycles. The lowest BCUT2D eigenvalue weighted by Crippen LogP contribution is -2.43. The van der Waals surface area contributed by atoms with Crippen LogP contribution in [0.5, 0.6) is 0 Å². The molecule has 1 amide bonds. The maximum atomic E-state index is 12.1. The van der Waals surface area contributed by atoms with Gasteiger partial charge in [-0.3, -0.25) is 4.79 Å². The van der Waals surface area contributed by atoms with E-state index < -0.39 is 0 Å². The Balaban J connectivity index is 2.80. The van der Waals surface area contributed by atoms with Crippen molar-refractivity contribution in [1.29, 1.82) is 0 Å². The highest BCUT2D eigenvalue weighted by molar-refractivity contribution is 7.80. The summed E-state index contributed by atoms with van der Waals surface area (Å²) in [6.45, 7) is 6.04. The van der Waals surface area contributed by atoms with Crippen molar-refractivity contribution in [2.45, 2.75) is 39.7 Å². The van der Waals surface area contributed by atoms with Crippen molar-refractivity contribution in [2.75, 3.05) is 0 Å². The fourth-order valence-electron chi connectivity index (χ4n) is 1.70. The van der Waals surface area contributed by atoms with Gasteiger partial charge in [-0.05, 0) is 43.5 Å². The Morgan fingerprint density at radius 3 is 2.56 bits per heavy atom. The highest BCUT2D eigenvalue weighted by Crippen LogP contribution is 2.10. The van der Waals surface area contributed by atoms with E-state index in [1.807, 2.05) is 39.0 Å². The average molecular weight is 264 g/mol. The van der Waals surface area contributed by atoms with Crippen molar-refractivity contribution in [2.24, 2.45) is 5.73 Å². The number of nitrogens with one attached hydrogen (secondary N) is 1. The number of amides is 1. The molecule has 1 aromatic rings. The molecule has 0 fully saturated rings. The molecular formula is C14H20N2OS. The SMILES string of the molecule is CCCC(NC(=O)c1ccc(C)c(C)c1)C(N)=S. The zero-order chi connectivity index (χ0) is 13.7. The van der Waals surface area contributed by atoms with Gasteiger partial charge in [0.2, 0.25) is 0 Å². The number of benzene rings is 1. The Hall–Kier alpha value is -1.42. The van der Waals surface area contributed by atoms with Gasteiger partial charge in [0, 0.05) is 5.56 Å². The lowest BCUT2D eigenvalue weighted by molar-refractivity contribution is 0.0945. The van der Waals surface area contributed by atoms with Gasteiger partial charge in [-0.1, -0.05) is 31.6 Å². The van der Waals surface area contributed by atoms with Crippen LogP contribution in [0.4, 0.5) is 0 Å². The van der Waals surface area contributed by atoms with E-state index in [0.717, 1.165) is 18.4 Å². The molecule has 0 aromatic heterocycles. The van der Waals surface area contributed by atoms with E-state index in [0.29, 0.717) is 10.6 Å². The van der Waals surface area contributed by atoms with Gasteiger partial charge in [-0.25, -0.2) is 0 Å². The molecule has 0 heterocycles. The third-order valence-electron chi connectivity index (χ3n) is 3.00. The molecule has 0 saturated carbocycles. The fraction of sp³-hybridized carbons (Fsp3) is 0.429. The number of rotatable bonds is 5. The number of carbonyl (C=O) groups is 1. The van der Waals surface area contributed by atoms with E-state index in [2.05, 4.69) is 5.32 Å². The van der Waals surface area contributed by atoms with E-state index in [-0.39, 0.29) is 11.9 Å². The van der Waals surface area contributed by atoms with E-state index in [1.54, 1.807) is 0 Å². The highest BCUT2D eigenvalue weighted by atomic mass is 32.1. The molecule has 18 heavy (non-hydrogen) atoms. The molecule has 1 atom stereocenters. The minimum Gasteiger partial charge on any atom is -0.392 e. The van der Waals surface area contributed by atoms with Crippen LogP contribution in [-0.2, 0) is 0 Å². The number of hydrogen-bond donors (Lipinski definition) is 2. The molecule has 4 heteroatoms. The van der Waals surface area contributed by atoms with E-state index in [1.165, 1.54) is 5.56 Å². The molecule has 1 aromatic carbocycles. The summed E-state index contributed by atoms with van der Waals surface area (Å²) in [4.78, 5) is 12.4. The summed E-state index contributed by atoms with van der Waals surface area (Å²) in [6.07, 6.45) is 1.70. The summed E-state index contributed by atoms with van der Waals surface area (Å²) in [6, 6.07) is 5.42. The second-order valence-corrected chi connectivity index (χ2v) is 4.99. The Morgan fingerprint density at radius 1 is 1.39 bits per heavy atom. The van der Waals surface area contributed by atoms with E-state index >= 15 is 0 Å². The van der Waals surface area contributed by atoms with Crippen molar-refractivity contribution in [3.63, 3.8) is 0 Å². The molecule has 0 bridgehead atoms. The van der Waals surface area contributed by atoms with Crippen LogP contribution in [0.25, 0.3) is 0 Å². The van der Waals surface area contributed by atoms with Crippen molar-refractivity contribution in [3.05, 3.63) is 34.9 Å². The summed E-state index contributed by atoms with van der Waals surface area (Å²) in [5.74, 6) is -0.121. The van der Waals surface area contributed by atoms with E-state index in [4.69, 9.17) is 18.0 Å². The van der Waals surface area contributed by atoms with Crippen LogP contribution >= 0.6 is 12.2 Å². The topological polar surface area (TPSA) is 55.1 Å². The number of carbonyl (C=O) groups excluding carboxylic acids is 1. The van der Waals surface area contributed by atoms with Gasteiger partial charge in [0.15, 0.2) is 0 Å². The predicted molar refractivity (Wildman–Crippen MR) is 78.9 cm³/mol. The van der Waals surface area contributed by atoms with E-state index in [9.17, 15) is 4.79 Å². The first kappa shape index (κ1) is 14.6. The van der Waals surface area contributed by atoms with Crippen LogP contribution in [0.2, 0.25) is 0 Å². The largest absolute Gasteiger partial charge is 0.392 e. The van der Waals surface area contributed by atoms with Gasteiger partial charge in [0.25, 0.3) is 5.91 Å². The molecule has 0 aliphatic heterocycles. The maximum Gasteiger partial charge on any atom is 0.251 e. The maximum absolute atomic E-state index is 12.1. The van der Waals surface area contributed by atoms with Crippen molar-refractivity contribution in [1.82, 2.24) is 5.32 Å². The minimum atomic E-state index is -0.223. The molecular weight excluding hydrogens is 244 g/mol. The number of thiocarbonyl (C=S) groups is 1. The lowest BCUT2D eigenvalue weighted by atomic mass is 10.1. The van der Waals surface area contributed by atoms with Gasteiger partial charge in [-0.2, -0.15) is 0 Å². The fourth-order valence-corrected chi connectivity index (χ4v) is 1.88. The second-order valence-electron chi connectivity index (χ2n) is 4.52. The summed E-state index contributed by atoms with van der Waals surface area (Å²) in [5, 5.41) is 2.88. The molecule has 1 rings (SSSR count). The standard InChI is InChI=1S/C14H20N2OS/c1-4-5-12(13(15)18)16-14(17)11-7-6-9(2)10(3)8-11/h6-8,12H,4-5H2,1-3H3,(H2,15,18)(H,16,17). The van der Waals surface area contributed by atoms with Gasteiger partial charge >= 0.3 is 0 Å². The highest BCUT2D eigenvalue weighted by Gasteiger charge is 2.15.